The standard InChI is InChI=1S/C7H12O12S/c8-1-2(9)3(10)4(11)6(13)7(14,19-20(15)16)18-5(12)17-6/h2-4,8-11,13-14H,1H2,(H,15,16)/t2-,3+,4+,6+,7?/m0/s1. The maximum atomic E-state index is 10.9. The van der Waals surface area contributed by atoms with E-state index in [4.69, 9.17) is 14.8 Å². The summed E-state index contributed by atoms with van der Waals surface area (Å²) < 4.78 is 30.7. The zero-order valence-corrected chi connectivity index (χ0v) is 10.3. The molecule has 1 aliphatic heterocycles. The van der Waals surface area contributed by atoms with Crippen LogP contribution in [0.5, 0.6) is 0 Å². The van der Waals surface area contributed by atoms with E-state index < -0.39 is 54.2 Å². The Labute approximate surface area is 113 Å². The Morgan fingerprint density at radius 3 is 2.25 bits per heavy atom. The first-order valence-corrected chi connectivity index (χ1v) is 5.92. The SMILES string of the molecule is O=C1OC(O)(OS(=O)O)[C@@](O)([C@H](O)[C@H](O)[C@@H](O)CO)O1. The molecule has 1 aliphatic rings. The van der Waals surface area contributed by atoms with Crippen molar-refractivity contribution in [1.82, 2.24) is 0 Å². The average molecular weight is 320 g/mol. The van der Waals surface area contributed by atoms with Crippen molar-refractivity contribution in [1.29, 1.82) is 0 Å². The summed E-state index contributed by atoms with van der Waals surface area (Å²) in [6, 6.07) is 0. The molecule has 0 aromatic carbocycles. The Hall–Kier alpha value is -0.900. The molecular weight excluding hydrogens is 308 g/mol. The first-order chi connectivity index (χ1) is 9.07. The fraction of sp³-hybridized carbons (Fsp3) is 0.857. The van der Waals surface area contributed by atoms with Crippen LogP contribution in [0.4, 0.5) is 4.79 Å². The lowest BCUT2D eigenvalue weighted by atomic mass is 9.98. The summed E-state index contributed by atoms with van der Waals surface area (Å²) in [6.45, 7) is -1.06. The van der Waals surface area contributed by atoms with Gasteiger partial charge in [0.1, 0.15) is 12.2 Å². The molecule has 1 fully saturated rings. The van der Waals surface area contributed by atoms with Crippen LogP contribution in [-0.2, 0) is 25.0 Å². The molecule has 0 spiro atoms. The molecule has 0 amide bonds. The third kappa shape index (κ3) is 2.90. The van der Waals surface area contributed by atoms with Crippen molar-refractivity contribution in [3.05, 3.63) is 0 Å². The second-order valence-corrected chi connectivity index (χ2v) is 4.32. The highest BCUT2D eigenvalue weighted by Gasteiger charge is 2.71. The quantitative estimate of drug-likeness (QED) is 0.141. The van der Waals surface area contributed by atoms with Gasteiger partial charge in [-0.25, -0.2) is 4.79 Å². The summed E-state index contributed by atoms with van der Waals surface area (Å²) >= 11 is -3.27. The first-order valence-electron chi connectivity index (χ1n) is 4.89. The summed E-state index contributed by atoms with van der Waals surface area (Å²) in [5, 5.41) is 56.1. The van der Waals surface area contributed by atoms with E-state index in [1.54, 1.807) is 0 Å². The van der Waals surface area contributed by atoms with Crippen molar-refractivity contribution in [3.63, 3.8) is 0 Å². The lowest BCUT2D eigenvalue weighted by molar-refractivity contribution is -0.408. The summed E-state index contributed by atoms with van der Waals surface area (Å²) in [4.78, 5) is 10.9. The summed E-state index contributed by atoms with van der Waals surface area (Å²) in [6.07, 6.45) is -8.80. The van der Waals surface area contributed by atoms with Gasteiger partial charge in [-0.15, -0.1) is 0 Å². The molecule has 6 atom stereocenters. The van der Waals surface area contributed by atoms with Crippen molar-refractivity contribution >= 4 is 17.5 Å². The van der Waals surface area contributed by atoms with Crippen LogP contribution >= 0.6 is 0 Å². The van der Waals surface area contributed by atoms with Gasteiger partial charge in [-0.2, -0.15) is 8.39 Å². The van der Waals surface area contributed by atoms with E-state index in [0.717, 1.165) is 0 Å². The Kier molecular flexibility index (Phi) is 5.01. The van der Waals surface area contributed by atoms with Crippen LogP contribution in [0, 0.1) is 0 Å². The molecule has 0 radical (unpaired) electrons. The van der Waals surface area contributed by atoms with Crippen molar-refractivity contribution in [2.45, 2.75) is 30.1 Å². The average Bonchev–Trinajstić information content (AvgIpc) is 2.56. The van der Waals surface area contributed by atoms with E-state index in [-0.39, 0.29) is 0 Å². The number of hydrogen-bond donors (Lipinski definition) is 7. The zero-order valence-electron chi connectivity index (χ0n) is 9.52. The zero-order chi connectivity index (χ0) is 15.7. The second kappa shape index (κ2) is 5.84. The van der Waals surface area contributed by atoms with Crippen LogP contribution in [0.2, 0.25) is 0 Å². The number of cyclic esters (lactones) is 2. The van der Waals surface area contributed by atoms with Crippen LogP contribution in [0.25, 0.3) is 0 Å². The molecule has 2 unspecified atom stereocenters. The molecule has 1 heterocycles. The maximum absolute atomic E-state index is 10.9. The van der Waals surface area contributed by atoms with Gasteiger partial charge in [0.2, 0.25) is 0 Å². The van der Waals surface area contributed by atoms with Crippen LogP contribution in [0.1, 0.15) is 0 Å². The lowest BCUT2D eigenvalue weighted by Crippen LogP contribution is -2.65. The molecule has 7 N–H and O–H groups in total. The van der Waals surface area contributed by atoms with Gasteiger partial charge in [-0.3, -0.25) is 4.55 Å². The van der Waals surface area contributed by atoms with Crippen LogP contribution in [0.15, 0.2) is 0 Å². The molecule has 0 saturated carbocycles. The predicted octanol–water partition coefficient (Wildman–Crippen LogP) is -4.28. The monoisotopic (exact) mass is 320 g/mol. The van der Waals surface area contributed by atoms with E-state index in [0.29, 0.717) is 0 Å². The minimum atomic E-state index is -3.64. The van der Waals surface area contributed by atoms with E-state index in [1.807, 2.05) is 0 Å². The smallest absolute Gasteiger partial charge is 0.394 e. The molecule has 1 rings (SSSR count). The Morgan fingerprint density at radius 2 is 1.80 bits per heavy atom. The number of rotatable bonds is 6. The number of carbonyl (C=O) groups excluding carboxylic acids is 1. The minimum Gasteiger partial charge on any atom is -0.394 e. The largest absolute Gasteiger partial charge is 0.515 e. The third-order valence-electron chi connectivity index (χ3n) is 2.40. The van der Waals surface area contributed by atoms with E-state index in [9.17, 15) is 29.4 Å². The van der Waals surface area contributed by atoms with Gasteiger partial charge in [-0.05, 0) is 0 Å². The number of carbonyl (C=O) groups is 1. The van der Waals surface area contributed by atoms with E-state index >= 15 is 0 Å². The van der Waals surface area contributed by atoms with Crippen molar-refractivity contribution in [2.75, 3.05) is 6.61 Å². The molecule has 118 valence electrons. The van der Waals surface area contributed by atoms with E-state index in [1.165, 1.54) is 0 Å². The molecular formula is C7H12O12S. The Balaban J connectivity index is 3.09. The molecule has 0 aromatic rings. The van der Waals surface area contributed by atoms with Crippen molar-refractivity contribution < 1.29 is 57.9 Å². The van der Waals surface area contributed by atoms with Gasteiger partial charge in [-0.1, -0.05) is 0 Å². The van der Waals surface area contributed by atoms with Gasteiger partial charge < -0.3 is 40.1 Å². The fourth-order valence-corrected chi connectivity index (χ4v) is 1.72. The molecule has 12 nitrogen and oxygen atoms in total. The highest BCUT2D eigenvalue weighted by Crippen LogP contribution is 2.38. The third-order valence-corrected chi connectivity index (χ3v) is 2.77. The van der Waals surface area contributed by atoms with Gasteiger partial charge in [0.05, 0.1) is 6.61 Å². The normalized spacial score (nSPS) is 35.9. The highest BCUT2D eigenvalue weighted by atomic mass is 32.2. The number of ether oxygens (including phenoxy) is 2. The summed E-state index contributed by atoms with van der Waals surface area (Å²) in [7, 11) is 0. The Bertz CT molecular complexity index is 401. The topological polar surface area (TPSA) is 203 Å². The van der Waals surface area contributed by atoms with Gasteiger partial charge in [0.25, 0.3) is 0 Å². The first kappa shape index (κ1) is 17.2. The summed E-state index contributed by atoms with van der Waals surface area (Å²) in [5.74, 6) is -7.18. The van der Waals surface area contributed by atoms with Crippen molar-refractivity contribution in [2.24, 2.45) is 0 Å². The minimum absolute atomic E-state index is 1.06. The van der Waals surface area contributed by atoms with Gasteiger partial charge >= 0.3 is 29.3 Å². The van der Waals surface area contributed by atoms with Crippen LogP contribution in [-0.4, -0.2) is 82.2 Å². The number of hydrogen-bond acceptors (Lipinski definition) is 11. The molecule has 0 aromatic heterocycles. The van der Waals surface area contributed by atoms with Crippen LogP contribution in [0.3, 0.4) is 0 Å². The van der Waals surface area contributed by atoms with Crippen LogP contribution < -0.4 is 0 Å². The Morgan fingerprint density at radius 1 is 1.25 bits per heavy atom. The molecule has 0 aliphatic carbocycles. The van der Waals surface area contributed by atoms with Gasteiger partial charge in [0.15, 0.2) is 6.10 Å². The fourth-order valence-electron chi connectivity index (χ4n) is 1.37. The summed E-state index contributed by atoms with van der Waals surface area (Å²) in [5.41, 5.74) is 0. The molecule has 20 heavy (non-hydrogen) atoms. The lowest BCUT2D eigenvalue weighted by Gasteiger charge is -2.35. The molecule has 0 bridgehead atoms. The van der Waals surface area contributed by atoms with E-state index in [2.05, 4.69) is 13.7 Å². The second-order valence-electron chi connectivity index (χ2n) is 3.72. The molecule has 13 heteroatoms. The maximum Gasteiger partial charge on any atom is 0.515 e. The van der Waals surface area contributed by atoms with Crippen molar-refractivity contribution in [3.8, 4) is 0 Å². The van der Waals surface area contributed by atoms with Gasteiger partial charge in [0, 0.05) is 0 Å². The predicted molar refractivity (Wildman–Crippen MR) is 54.4 cm³/mol. The molecule has 1 saturated heterocycles. The number of aliphatic hydroxyl groups is 6. The number of aliphatic hydroxyl groups excluding tert-OH is 4. The highest BCUT2D eigenvalue weighted by molar-refractivity contribution is 7.74.